The Morgan fingerprint density at radius 3 is 2.52 bits per heavy atom. The van der Waals surface area contributed by atoms with E-state index in [4.69, 9.17) is 9.47 Å². The van der Waals surface area contributed by atoms with Crippen LogP contribution in [0.4, 0.5) is 13.2 Å². The molecule has 2 atom stereocenters. The number of ether oxygens (including phenoxy) is 3. The molecule has 3 rings (SSSR count). The molecule has 2 aromatic rings. The zero-order valence-electron chi connectivity index (χ0n) is 13.2. The van der Waals surface area contributed by atoms with Crippen LogP contribution in [-0.4, -0.2) is 37.1 Å². The van der Waals surface area contributed by atoms with E-state index in [1.807, 2.05) is 0 Å². The highest BCUT2D eigenvalue weighted by atomic mass is 19.4. The molecule has 1 aromatic heterocycles. The number of hydrogen-bond acceptors (Lipinski definition) is 5. The van der Waals surface area contributed by atoms with Gasteiger partial charge < -0.3 is 19.5 Å². The molecule has 1 aromatic carbocycles. The van der Waals surface area contributed by atoms with Crippen LogP contribution in [0.2, 0.25) is 0 Å². The minimum atomic E-state index is -4.80. The molecule has 1 aliphatic rings. The van der Waals surface area contributed by atoms with Crippen LogP contribution in [-0.2, 0) is 4.74 Å². The first-order valence-electron chi connectivity index (χ1n) is 7.77. The van der Waals surface area contributed by atoms with Gasteiger partial charge >= 0.3 is 6.36 Å². The maximum atomic E-state index is 12.6. The Morgan fingerprint density at radius 2 is 1.88 bits per heavy atom. The summed E-state index contributed by atoms with van der Waals surface area (Å²) in [5.74, 6) is -0.427. The third-order valence-electron chi connectivity index (χ3n) is 3.60. The molecule has 2 unspecified atom stereocenters. The van der Waals surface area contributed by atoms with Gasteiger partial charge in [0, 0.05) is 19.3 Å². The predicted octanol–water partition coefficient (Wildman–Crippen LogP) is 3.09. The lowest BCUT2D eigenvalue weighted by atomic mass is 10.1. The Bertz CT molecular complexity index is 676. The van der Waals surface area contributed by atoms with Crippen LogP contribution in [0.1, 0.15) is 11.8 Å². The predicted molar refractivity (Wildman–Crippen MR) is 83.3 cm³/mol. The largest absolute Gasteiger partial charge is 0.573 e. The van der Waals surface area contributed by atoms with Crippen LogP contribution in [0.25, 0.3) is 0 Å². The summed E-state index contributed by atoms with van der Waals surface area (Å²) in [4.78, 5) is 4.26. The van der Waals surface area contributed by atoms with Crippen molar-refractivity contribution in [3.8, 4) is 11.5 Å². The Balaban J connectivity index is 1.88. The number of benzene rings is 1. The van der Waals surface area contributed by atoms with Crippen molar-refractivity contribution in [1.82, 2.24) is 10.3 Å². The maximum absolute atomic E-state index is 12.6. The van der Waals surface area contributed by atoms with E-state index >= 15 is 0 Å². The van der Waals surface area contributed by atoms with Crippen molar-refractivity contribution in [2.45, 2.75) is 18.6 Å². The molecule has 1 fully saturated rings. The lowest BCUT2D eigenvalue weighted by Gasteiger charge is -2.31. The van der Waals surface area contributed by atoms with Crippen molar-refractivity contribution in [1.29, 1.82) is 0 Å². The fourth-order valence-electron chi connectivity index (χ4n) is 2.54. The van der Waals surface area contributed by atoms with E-state index in [1.165, 1.54) is 18.2 Å². The van der Waals surface area contributed by atoms with Crippen LogP contribution < -0.4 is 14.8 Å². The third-order valence-corrected chi connectivity index (χ3v) is 3.60. The fourth-order valence-corrected chi connectivity index (χ4v) is 2.54. The summed E-state index contributed by atoms with van der Waals surface area (Å²) in [7, 11) is 0. The first-order chi connectivity index (χ1) is 12.0. The molecule has 0 saturated carbocycles. The van der Waals surface area contributed by atoms with Crippen LogP contribution in [0.3, 0.4) is 0 Å². The standard InChI is InChI=1S/C17H17F3N2O3/c18-17(19,20)25-14-7-2-1-6-13(14)24-16(12-5-3-4-8-22-12)15-11-21-9-10-23-15/h1-8,15-16,21H,9-11H2. The van der Waals surface area contributed by atoms with Gasteiger partial charge in [0.2, 0.25) is 0 Å². The van der Waals surface area contributed by atoms with E-state index in [2.05, 4.69) is 15.0 Å². The SMILES string of the molecule is FC(F)(F)Oc1ccccc1OC(c1ccccn1)C1CNCCO1. The summed E-state index contributed by atoms with van der Waals surface area (Å²) in [6.07, 6.45) is -4.27. The van der Waals surface area contributed by atoms with Gasteiger partial charge in [-0.15, -0.1) is 13.2 Å². The van der Waals surface area contributed by atoms with Gasteiger partial charge in [-0.3, -0.25) is 4.98 Å². The molecule has 1 saturated heterocycles. The molecule has 0 aliphatic carbocycles. The number of alkyl halides is 3. The minimum absolute atomic E-state index is 0.0235. The third kappa shape index (κ3) is 4.83. The average molecular weight is 354 g/mol. The van der Waals surface area contributed by atoms with E-state index in [0.717, 1.165) is 0 Å². The number of hydrogen-bond donors (Lipinski definition) is 1. The second-order valence-corrected chi connectivity index (χ2v) is 5.40. The highest BCUT2D eigenvalue weighted by molar-refractivity contribution is 5.40. The quantitative estimate of drug-likeness (QED) is 0.894. The van der Waals surface area contributed by atoms with Gasteiger partial charge in [-0.25, -0.2) is 0 Å². The van der Waals surface area contributed by atoms with Crippen LogP contribution in [0, 0.1) is 0 Å². The molecular weight excluding hydrogens is 337 g/mol. The highest BCUT2D eigenvalue weighted by Gasteiger charge is 2.34. The van der Waals surface area contributed by atoms with Gasteiger partial charge in [0.25, 0.3) is 0 Å². The number of nitrogens with zero attached hydrogens (tertiary/aromatic N) is 1. The molecule has 1 N–H and O–H groups in total. The zero-order chi connectivity index (χ0) is 17.7. The van der Waals surface area contributed by atoms with Crippen molar-refractivity contribution in [3.63, 3.8) is 0 Å². The lowest BCUT2D eigenvalue weighted by molar-refractivity contribution is -0.275. The van der Waals surface area contributed by atoms with Gasteiger partial charge in [0.05, 0.1) is 12.3 Å². The first kappa shape index (κ1) is 17.5. The smallest absolute Gasteiger partial charge is 0.477 e. The second-order valence-electron chi connectivity index (χ2n) is 5.40. The molecule has 0 amide bonds. The van der Waals surface area contributed by atoms with Crippen molar-refractivity contribution in [3.05, 3.63) is 54.4 Å². The van der Waals surface area contributed by atoms with E-state index in [-0.39, 0.29) is 11.9 Å². The zero-order valence-corrected chi connectivity index (χ0v) is 13.2. The molecule has 5 nitrogen and oxygen atoms in total. The maximum Gasteiger partial charge on any atom is 0.573 e. The van der Waals surface area contributed by atoms with Crippen molar-refractivity contribution < 1.29 is 27.4 Å². The molecule has 2 heterocycles. The molecule has 134 valence electrons. The Labute approximate surface area is 142 Å². The van der Waals surface area contributed by atoms with Gasteiger partial charge in [-0.2, -0.15) is 0 Å². The summed E-state index contributed by atoms with van der Waals surface area (Å²) in [6.45, 7) is 1.70. The molecule has 0 bridgehead atoms. The van der Waals surface area contributed by atoms with Gasteiger partial charge in [-0.05, 0) is 24.3 Å². The monoisotopic (exact) mass is 354 g/mol. The number of halogens is 3. The van der Waals surface area contributed by atoms with E-state index in [1.54, 1.807) is 30.5 Å². The molecule has 0 spiro atoms. The number of para-hydroxylation sites is 2. The summed E-state index contributed by atoms with van der Waals surface area (Å²) < 4.78 is 53.5. The summed E-state index contributed by atoms with van der Waals surface area (Å²) in [5.41, 5.74) is 0.568. The Morgan fingerprint density at radius 1 is 1.12 bits per heavy atom. The molecule has 0 radical (unpaired) electrons. The normalized spacial score (nSPS) is 19.2. The first-order valence-corrected chi connectivity index (χ1v) is 7.77. The number of pyridine rings is 1. The van der Waals surface area contributed by atoms with Crippen LogP contribution >= 0.6 is 0 Å². The van der Waals surface area contributed by atoms with E-state index in [0.29, 0.717) is 25.4 Å². The summed E-state index contributed by atoms with van der Waals surface area (Å²) in [6, 6.07) is 10.9. The van der Waals surface area contributed by atoms with Crippen molar-refractivity contribution in [2.24, 2.45) is 0 Å². The topological polar surface area (TPSA) is 52.6 Å². The highest BCUT2D eigenvalue weighted by Crippen LogP contribution is 2.35. The number of aromatic nitrogens is 1. The average Bonchev–Trinajstić information content (AvgIpc) is 2.61. The number of rotatable bonds is 5. The summed E-state index contributed by atoms with van der Waals surface area (Å²) in [5, 5.41) is 3.18. The van der Waals surface area contributed by atoms with E-state index in [9.17, 15) is 13.2 Å². The van der Waals surface area contributed by atoms with Gasteiger partial charge in [-0.1, -0.05) is 18.2 Å². The number of nitrogens with one attached hydrogen (secondary N) is 1. The van der Waals surface area contributed by atoms with Crippen molar-refractivity contribution >= 4 is 0 Å². The Kier molecular flexibility index (Phi) is 5.40. The fraction of sp³-hybridized carbons (Fsp3) is 0.353. The minimum Gasteiger partial charge on any atom is -0.477 e. The molecular formula is C17H17F3N2O3. The lowest BCUT2D eigenvalue weighted by Crippen LogP contribution is -2.43. The van der Waals surface area contributed by atoms with Crippen LogP contribution in [0.15, 0.2) is 48.7 Å². The van der Waals surface area contributed by atoms with Crippen LogP contribution in [0.5, 0.6) is 11.5 Å². The molecule has 8 heteroatoms. The van der Waals surface area contributed by atoms with Gasteiger partial charge in [0.15, 0.2) is 17.6 Å². The Hall–Kier alpha value is -2.32. The summed E-state index contributed by atoms with van der Waals surface area (Å²) >= 11 is 0. The number of morpholine rings is 1. The van der Waals surface area contributed by atoms with Gasteiger partial charge in [0.1, 0.15) is 6.10 Å². The second kappa shape index (κ2) is 7.71. The van der Waals surface area contributed by atoms with E-state index < -0.39 is 18.2 Å². The van der Waals surface area contributed by atoms with Crippen molar-refractivity contribution in [2.75, 3.05) is 19.7 Å². The molecule has 1 aliphatic heterocycles. The molecule has 25 heavy (non-hydrogen) atoms.